The molecule has 0 amide bonds. The molecule has 17 heavy (non-hydrogen) atoms. The molecule has 0 heterocycles. The van der Waals surface area contributed by atoms with Gasteiger partial charge in [0.15, 0.2) is 0 Å². The Bertz CT molecular complexity index is 470. The molecule has 2 heteroatoms. The fourth-order valence-electron chi connectivity index (χ4n) is 2.81. The van der Waals surface area contributed by atoms with E-state index >= 15 is 0 Å². The average Bonchev–Trinajstić information content (AvgIpc) is 2.27. The van der Waals surface area contributed by atoms with E-state index in [4.69, 9.17) is 0 Å². The zero-order valence-electron chi connectivity index (χ0n) is 10.9. The summed E-state index contributed by atoms with van der Waals surface area (Å²) in [7, 11) is 0. The van der Waals surface area contributed by atoms with Gasteiger partial charge in [-0.1, -0.05) is 38.1 Å². The summed E-state index contributed by atoms with van der Waals surface area (Å²) in [5, 5.41) is 20.9. The molecule has 0 spiro atoms. The van der Waals surface area contributed by atoms with Gasteiger partial charge in [0.25, 0.3) is 0 Å². The van der Waals surface area contributed by atoms with E-state index < -0.39 is 11.7 Å². The zero-order chi connectivity index (χ0) is 12.8. The molecule has 1 aliphatic carbocycles. The van der Waals surface area contributed by atoms with Crippen LogP contribution in [0.25, 0.3) is 5.57 Å². The summed E-state index contributed by atoms with van der Waals surface area (Å²) in [6.07, 6.45) is -0.822. The molecule has 0 bridgehead atoms. The van der Waals surface area contributed by atoms with Crippen molar-refractivity contribution < 1.29 is 10.2 Å². The van der Waals surface area contributed by atoms with Crippen LogP contribution in [0.3, 0.4) is 0 Å². The van der Waals surface area contributed by atoms with Crippen molar-refractivity contribution in [1.82, 2.24) is 0 Å². The molecule has 1 aromatic carbocycles. The van der Waals surface area contributed by atoms with Crippen molar-refractivity contribution in [2.45, 2.75) is 39.4 Å². The summed E-state index contributed by atoms with van der Waals surface area (Å²) in [6, 6.07) is 7.76. The minimum absolute atomic E-state index is 0.227. The molecule has 2 atom stereocenters. The van der Waals surface area contributed by atoms with Crippen molar-refractivity contribution in [3.8, 4) is 0 Å². The summed E-state index contributed by atoms with van der Waals surface area (Å²) in [5.41, 5.74) is 2.69. The molecule has 0 aromatic heterocycles. The molecular formula is C15H20O2. The second-order valence-corrected chi connectivity index (χ2v) is 5.33. The Hall–Kier alpha value is -1.12. The number of fused-ring (bicyclic) bond motifs is 1. The fraction of sp³-hybridized carbons (Fsp3) is 0.467. The molecule has 92 valence electrons. The first-order valence-electron chi connectivity index (χ1n) is 6.08. The van der Waals surface area contributed by atoms with E-state index in [-0.39, 0.29) is 5.92 Å². The molecular weight excluding hydrogens is 212 g/mol. The lowest BCUT2D eigenvalue weighted by atomic mass is 9.72. The van der Waals surface area contributed by atoms with Crippen molar-refractivity contribution in [1.29, 1.82) is 0 Å². The van der Waals surface area contributed by atoms with E-state index in [0.717, 1.165) is 22.3 Å². The van der Waals surface area contributed by atoms with Crippen molar-refractivity contribution in [2.75, 3.05) is 0 Å². The van der Waals surface area contributed by atoms with Gasteiger partial charge in [0.1, 0.15) is 11.7 Å². The second-order valence-electron chi connectivity index (χ2n) is 5.33. The van der Waals surface area contributed by atoms with Crippen LogP contribution in [0.2, 0.25) is 0 Å². The van der Waals surface area contributed by atoms with Crippen LogP contribution in [0.1, 0.15) is 38.8 Å². The first kappa shape index (κ1) is 12.3. The van der Waals surface area contributed by atoms with E-state index in [1.165, 1.54) is 0 Å². The molecule has 1 aromatic rings. The van der Waals surface area contributed by atoms with Crippen LogP contribution in [0.15, 0.2) is 29.8 Å². The third-order valence-electron chi connectivity index (χ3n) is 3.76. The summed E-state index contributed by atoms with van der Waals surface area (Å²) >= 11 is 0. The van der Waals surface area contributed by atoms with Crippen LogP contribution in [0, 0.1) is 5.92 Å². The van der Waals surface area contributed by atoms with Crippen molar-refractivity contribution in [2.24, 2.45) is 5.92 Å². The number of hydrogen-bond acceptors (Lipinski definition) is 2. The lowest BCUT2D eigenvalue weighted by molar-refractivity contribution is -0.0531. The standard InChI is InChI=1S/C15H20O2/c1-9(2)13-10(3)11-7-5-6-8-12(11)15(4,17)14(13)16/h5-9,14,16-17H,1-4H3/t14?,15-/m0/s1. The molecule has 0 saturated carbocycles. The monoisotopic (exact) mass is 232 g/mol. The number of allylic oxidation sites excluding steroid dienone is 1. The highest BCUT2D eigenvalue weighted by molar-refractivity contribution is 5.74. The van der Waals surface area contributed by atoms with Gasteiger partial charge in [-0.15, -0.1) is 0 Å². The smallest absolute Gasteiger partial charge is 0.117 e. The molecule has 0 radical (unpaired) electrons. The molecule has 0 fully saturated rings. The lowest BCUT2D eigenvalue weighted by Crippen LogP contribution is -2.42. The van der Waals surface area contributed by atoms with Gasteiger partial charge >= 0.3 is 0 Å². The number of aliphatic hydroxyl groups excluding tert-OH is 1. The summed E-state index contributed by atoms with van der Waals surface area (Å²) < 4.78 is 0. The van der Waals surface area contributed by atoms with Crippen molar-refractivity contribution >= 4 is 5.57 Å². The Morgan fingerprint density at radius 1 is 1.24 bits per heavy atom. The van der Waals surface area contributed by atoms with Crippen LogP contribution >= 0.6 is 0 Å². The highest BCUT2D eigenvalue weighted by atomic mass is 16.3. The van der Waals surface area contributed by atoms with E-state index in [1.54, 1.807) is 6.92 Å². The quantitative estimate of drug-likeness (QED) is 0.781. The van der Waals surface area contributed by atoms with Crippen LogP contribution < -0.4 is 0 Å². The van der Waals surface area contributed by atoms with Gasteiger partial charge < -0.3 is 10.2 Å². The van der Waals surface area contributed by atoms with E-state index in [2.05, 4.69) is 0 Å². The van der Waals surface area contributed by atoms with Gasteiger partial charge in [-0.2, -0.15) is 0 Å². The minimum atomic E-state index is -1.20. The molecule has 0 saturated heterocycles. The molecule has 2 N–H and O–H groups in total. The van der Waals surface area contributed by atoms with Crippen LogP contribution in [0.4, 0.5) is 0 Å². The molecule has 1 unspecified atom stereocenters. The number of aliphatic hydroxyl groups is 2. The maximum Gasteiger partial charge on any atom is 0.117 e. The number of benzene rings is 1. The Morgan fingerprint density at radius 3 is 2.41 bits per heavy atom. The van der Waals surface area contributed by atoms with Crippen molar-refractivity contribution in [3.63, 3.8) is 0 Å². The van der Waals surface area contributed by atoms with Crippen LogP contribution in [0.5, 0.6) is 0 Å². The molecule has 2 rings (SSSR count). The normalized spacial score (nSPS) is 28.5. The highest BCUT2D eigenvalue weighted by Crippen LogP contribution is 2.43. The SMILES string of the molecule is CC1=C(C(C)C)C(O)[C@@](C)(O)c2ccccc21. The van der Waals surface area contributed by atoms with Gasteiger partial charge in [0.05, 0.1) is 0 Å². The minimum Gasteiger partial charge on any atom is -0.385 e. The third kappa shape index (κ3) is 1.72. The maximum absolute atomic E-state index is 10.5. The Balaban J connectivity index is 2.73. The first-order valence-corrected chi connectivity index (χ1v) is 6.08. The Kier molecular flexibility index (Phi) is 2.88. The zero-order valence-corrected chi connectivity index (χ0v) is 10.9. The predicted molar refractivity (Wildman–Crippen MR) is 69.5 cm³/mol. The Morgan fingerprint density at radius 2 is 1.82 bits per heavy atom. The average molecular weight is 232 g/mol. The molecule has 2 nitrogen and oxygen atoms in total. The van der Waals surface area contributed by atoms with E-state index in [9.17, 15) is 10.2 Å². The number of rotatable bonds is 1. The largest absolute Gasteiger partial charge is 0.385 e. The third-order valence-corrected chi connectivity index (χ3v) is 3.76. The maximum atomic E-state index is 10.5. The number of hydrogen-bond donors (Lipinski definition) is 2. The van der Waals surface area contributed by atoms with Crippen LogP contribution in [-0.4, -0.2) is 16.3 Å². The highest BCUT2D eigenvalue weighted by Gasteiger charge is 2.41. The Labute approximate surface area is 103 Å². The van der Waals surface area contributed by atoms with Gasteiger partial charge in [-0.25, -0.2) is 0 Å². The first-order chi connectivity index (χ1) is 7.87. The topological polar surface area (TPSA) is 40.5 Å². The molecule has 0 aliphatic heterocycles. The summed E-state index contributed by atoms with van der Waals surface area (Å²) in [6.45, 7) is 7.80. The lowest BCUT2D eigenvalue weighted by Gasteiger charge is -2.39. The fourth-order valence-corrected chi connectivity index (χ4v) is 2.81. The van der Waals surface area contributed by atoms with Crippen LogP contribution in [-0.2, 0) is 5.60 Å². The molecule has 1 aliphatic rings. The van der Waals surface area contributed by atoms with Gasteiger partial charge in [0, 0.05) is 0 Å². The summed E-state index contributed by atoms with van der Waals surface area (Å²) in [5.74, 6) is 0.227. The van der Waals surface area contributed by atoms with E-state index in [0.29, 0.717) is 0 Å². The summed E-state index contributed by atoms with van der Waals surface area (Å²) in [4.78, 5) is 0. The second kappa shape index (κ2) is 3.97. The van der Waals surface area contributed by atoms with Gasteiger partial charge in [-0.3, -0.25) is 0 Å². The van der Waals surface area contributed by atoms with E-state index in [1.807, 2.05) is 45.0 Å². The van der Waals surface area contributed by atoms with Gasteiger partial charge in [0.2, 0.25) is 0 Å². The predicted octanol–water partition coefficient (Wildman–Crippen LogP) is 2.70. The van der Waals surface area contributed by atoms with Crippen molar-refractivity contribution in [3.05, 3.63) is 41.0 Å². The van der Waals surface area contributed by atoms with Gasteiger partial charge in [-0.05, 0) is 42.0 Å².